The summed E-state index contributed by atoms with van der Waals surface area (Å²) >= 11 is 0. The van der Waals surface area contributed by atoms with Crippen LogP contribution in [0.15, 0.2) is 12.2 Å². The third-order valence-electron chi connectivity index (χ3n) is 2.67. The van der Waals surface area contributed by atoms with E-state index in [-0.39, 0.29) is 0 Å². The summed E-state index contributed by atoms with van der Waals surface area (Å²) in [4.78, 5) is 0. The van der Waals surface area contributed by atoms with E-state index < -0.39 is 0 Å². The molecule has 56 valence electrons. The zero-order chi connectivity index (χ0) is 7.03. The van der Waals surface area contributed by atoms with E-state index in [2.05, 4.69) is 19.1 Å². The monoisotopic (exact) mass is 138 g/mol. The summed E-state index contributed by atoms with van der Waals surface area (Å²) in [6, 6.07) is 0. The van der Waals surface area contributed by atoms with Gasteiger partial charge in [-0.15, -0.1) is 0 Å². The van der Waals surface area contributed by atoms with Crippen LogP contribution in [0.4, 0.5) is 0 Å². The maximum Gasteiger partial charge on any atom is 0.0982 e. The van der Waals surface area contributed by atoms with Crippen molar-refractivity contribution in [1.82, 2.24) is 0 Å². The number of rotatable bonds is 2. The van der Waals surface area contributed by atoms with Crippen LogP contribution in [0.3, 0.4) is 0 Å². The predicted molar refractivity (Wildman–Crippen MR) is 40.9 cm³/mol. The number of epoxide rings is 1. The summed E-state index contributed by atoms with van der Waals surface area (Å²) in [5.74, 6) is 0. The molecule has 1 nitrogen and oxygen atoms in total. The van der Waals surface area contributed by atoms with Gasteiger partial charge in [-0.3, -0.25) is 0 Å². The molecule has 10 heavy (non-hydrogen) atoms. The first-order chi connectivity index (χ1) is 4.87. The number of hydrogen-bond donors (Lipinski definition) is 0. The molecule has 2 atom stereocenters. The van der Waals surface area contributed by atoms with Gasteiger partial charge in [0.1, 0.15) is 0 Å². The Bertz CT molecular complexity index is 162. The molecule has 0 spiro atoms. The van der Waals surface area contributed by atoms with Gasteiger partial charge in [-0.25, -0.2) is 0 Å². The summed E-state index contributed by atoms with van der Waals surface area (Å²) in [5.41, 5.74) is 0.326. The second-order valence-electron chi connectivity index (χ2n) is 3.34. The van der Waals surface area contributed by atoms with Crippen LogP contribution in [-0.2, 0) is 4.74 Å². The third-order valence-corrected chi connectivity index (χ3v) is 2.67. The van der Waals surface area contributed by atoms with E-state index in [0.29, 0.717) is 11.7 Å². The predicted octanol–water partition coefficient (Wildman–Crippen LogP) is 2.27. The van der Waals surface area contributed by atoms with Gasteiger partial charge in [0.2, 0.25) is 0 Å². The molecule has 1 heteroatoms. The molecule has 1 saturated carbocycles. The first-order valence-corrected chi connectivity index (χ1v) is 4.16. The van der Waals surface area contributed by atoms with Gasteiger partial charge in [-0.05, 0) is 32.6 Å². The van der Waals surface area contributed by atoms with E-state index in [1.165, 1.54) is 19.3 Å². The molecule has 1 saturated heterocycles. The highest BCUT2D eigenvalue weighted by Gasteiger charge is 2.57. The largest absolute Gasteiger partial charge is 0.366 e. The molecule has 0 N–H and O–H groups in total. The Morgan fingerprint density at radius 1 is 1.70 bits per heavy atom. The van der Waals surface area contributed by atoms with Crippen LogP contribution in [0.1, 0.15) is 32.6 Å². The maximum absolute atomic E-state index is 5.59. The van der Waals surface area contributed by atoms with Crippen molar-refractivity contribution in [2.45, 2.75) is 44.3 Å². The van der Waals surface area contributed by atoms with Gasteiger partial charge < -0.3 is 4.74 Å². The highest BCUT2D eigenvalue weighted by molar-refractivity contribution is 5.10. The van der Waals surface area contributed by atoms with Gasteiger partial charge in [-0.1, -0.05) is 12.2 Å². The van der Waals surface area contributed by atoms with Crippen molar-refractivity contribution >= 4 is 0 Å². The maximum atomic E-state index is 5.59. The summed E-state index contributed by atoms with van der Waals surface area (Å²) in [5, 5.41) is 0. The van der Waals surface area contributed by atoms with E-state index in [1.807, 2.05) is 0 Å². The van der Waals surface area contributed by atoms with Crippen molar-refractivity contribution in [3.8, 4) is 0 Å². The van der Waals surface area contributed by atoms with Crippen molar-refractivity contribution in [3.63, 3.8) is 0 Å². The van der Waals surface area contributed by atoms with Crippen LogP contribution in [0.2, 0.25) is 0 Å². The van der Waals surface area contributed by atoms with Crippen LogP contribution in [0.5, 0.6) is 0 Å². The molecule has 0 aromatic heterocycles. The summed E-state index contributed by atoms with van der Waals surface area (Å²) in [6.45, 7) is 2.07. The zero-order valence-electron chi connectivity index (χ0n) is 6.47. The number of hydrogen-bond acceptors (Lipinski definition) is 1. The molecule has 2 unspecified atom stereocenters. The lowest BCUT2D eigenvalue weighted by Gasteiger charge is -2.02. The lowest BCUT2D eigenvalue weighted by Crippen LogP contribution is -2.06. The van der Waals surface area contributed by atoms with Gasteiger partial charge in [-0.2, -0.15) is 0 Å². The lowest BCUT2D eigenvalue weighted by molar-refractivity contribution is 0.252. The molecule has 0 bridgehead atoms. The number of allylic oxidation sites excluding steroid dienone is 1. The Balaban J connectivity index is 1.92. The van der Waals surface area contributed by atoms with E-state index in [4.69, 9.17) is 4.74 Å². The fraction of sp³-hybridized carbons (Fsp3) is 0.778. The van der Waals surface area contributed by atoms with E-state index >= 15 is 0 Å². The average molecular weight is 138 g/mol. The first kappa shape index (κ1) is 6.41. The molecule has 2 fully saturated rings. The molecule has 1 heterocycles. The molecule has 2 rings (SSSR count). The molecule has 2 aliphatic rings. The quantitative estimate of drug-likeness (QED) is 0.421. The molecule has 0 aromatic carbocycles. The molecular formula is C9H14O. The Morgan fingerprint density at radius 3 is 3.10 bits per heavy atom. The number of fused-ring (bicyclic) bond motifs is 1. The summed E-state index contributed by atoms with van der Waals surface area (Å²) < 4.78 is 5.59. The van der Waals surface area contributed by atoms with Crippen LogP contribution in [-0.4, -0.2) is 11.7 Å². The second kappa shape index (κ2) is 2.09. The Hall–Kier alpha value is -0.300. The molecular weight excluding hydrogens is 124 g/mol. The topological polar surface area (TPSA) is 12.5 Å². The third kappa shape index (κ3) is 0.807. The molecule has 1 aliphatic carbocycles. The van der Waals surface area contributed by atoms with E-state index in [0.717, 1.165) is 6.42 Å². The highest BCUT2D eigenvalue weighted by atomic mass is 16.6. The summed E-state index contributed by atoms with van der Waals surface area (Å²) in [6.07, 6.45) is 10.1. The van der Waals surface area contributed by atoms with E-state index in [9.17, 15) is 0 Å². The standard InChI is InChI=1S/C9H14O/c1-2-3-6-9-7-4-5-8(9)10-9/h2-3,8H,4-7H2,1H3/b3-2+. The van der Waals surface area contributed by atoms with Crippen molar-refractivity contribution in [3.05, 3.63) is 12.2 Å². The van der Waals surface area contributed by atoms with Crippen LogP contribution < -0.4 is 0 Å². The minimum absolute atomic E-state index is 0.326. The van der Waals surface area contributed by atoms with Gasteiger partial charge in [0.25, 0.3) is 0 Å². The minimum atomic E-state index is 0.326. The van der Waals surface area contributed by atoms with E-state index in [1.54, 1.807) is 0 Å². The van der Waals surface area contributed by atoms with Gasteiger partial charge >= 0.3 is 0 Å². The molecule has 0 amide bonds. The fourth-order valence-corrected chi connectivity index (χ4v) is 1.98. The van der Waals surface area contributed by atoms with Gasteiger partial charge in [0.05, 0.1) is 11.7 Å². The smallest absolute Gasteiger partial charge is 0.0982 e. The molecule has 0 aromatic rings. The van der Waals surface area contributed by atoms with Crippen molar-refractivity contribution in [1.29, 1.82) is 0 Å². The average Bonchev–Trinajstić information content (AvgIpc) is 2.51. The van der Waals surface area contributed by atoms with Crippen LogP contribution >= 0.6 is 0 Å². The minimum Gasteiger partial charge on any atom is -0.366 e. The molecule has 0 radical (unpaired) electrons. The Labute approximate surface area is 62.1 Å². The number of ether oxygens (including phenoxy) is 1. The van der Waals surface area contributed by atoms with Crippen LogP contribution in [0, 0.1) is 0 Å². The zero-order valence-corrected chi connectivity index (χ0v) is 6.47. The molecule has 1 aliphatic heterocycles. The SMILES string of the molecule is C/C=C/CC12CCCC1O2. The summed E-state index contributed by atoms with van der Waals surface area (Å²) in [7, 11) is 0. The van der Waals surface area contributed by atoms with Crippen LogP contribution in [0.25, 0.3) is 0 Å². The van der Waals surface area contributed by atoms with Crippen molar-refractivity contribution in [2.75, 3.05) is 0 Å². The van der Waals surface area contributed by atoms with Crippen molar-refractivity contribution in [2.24, 2.45) is 0 Å². The lowest BCUT2D eigenvalue weighted by atomic mass is 10.0. The fourth-order valence-electron chi connectivity index (χ4n) is 1.98. The highest BCUT2D eigenvalue weighted by Crippen LogP contribution is 2.52. The van der Waals surface area contributed by atoms with Gasteiger partial charge in [0.15, 0.2) is 0 Å². The Morgan fingerprint density at radius 2 is 2.60 bits per heavy atom. The van der Waals surface area contributed by atoms with Gasteiger partial charge in [0, 0.05) is 0 Å². The normalized spacial score (nSPS) is 44.3. The Kier molecular flexibility index (Phi) is 1.34. The van der Waals surface area contributed by atoms with Crippen molar-refractivity contribution < 1.29 is 4.74 Å². The second-order valence-corrected chi connectivity index (χ2v) is 3.34. The first-order valence-electron chi connectivity index (χ1n) is 4.16.